The van der Waals surface area contributed by atoms with Crippen LogP contribution in [0.4, 0.5) is 29.1 Å². The maximum atomic E-state index is 13.6. The van der Waals surface area contributed by atoms with Crippen molar-refractivity contribution in [1.29, 1.82) is 0 Å². The van der Waals surface area contributed by atoms with Gasteiger partial charge in [-0.05, 0) is 48.4 Å². The third kappa shape index (κ3) is 4.64. The van der Waals surface area contributed by atoms with Gasteiger partial charge in [-0.2, -0.15) is 0 Å². The van der Waals surface area contributed by atoms with E-state index >= 15 is 0 Å². The second kappa shape index (κ2) is 8.51. The number of carbonyl (C=O) groups is 1. The average molecular weight is 389 g/mol. The second-order valence-electron chi connectivity index (χ2n) is 5.91. The summed E-state index contributed by atoms with van der Waals surface area (Å²) in [5.41, 5.74) is 0.608. The van der Waals surface area contributed by atoms with E-state index in [0.717, 1.165) is 17.7 Å². The molecule has 28 heavy (non-hydrogen) atoms. The summed E-state index contributed by atoms with van der Waals surface area (Å²) in [5.74, 6) is -4.96. The quantitative estimate of drug-likeness (QED) is 0.481. The van der Waals surface area contributed by atoms with E-state index in [0.29, 0.717) is 18.8 Å². The molecule has 0 radical (unpaired) electrons. The van der Waals surface area contributed by atoms with Crippen molar-refractivity contribution in [2.75, 3.05) is 17.2 Å². The molecule has 3 rings (SSSR count). The first kappa shape index (κ1) is 19.3. The van der Waals surface area contributed by atoms with Gasteiger partial charge < -0.3 is 10.6 Å². The highest BCUT2D eigenvalue weighted by Crippen LogP contribution is 2.20. The highest BCUT2D eigenvalue weighted by Gasteiger charge is 2.16. The molecule has 1 amide bonds. The lowest BCUT2D eigenvalue weighted by Gasteiger charge is -2.09. The number of rotatable bonds is 6. The Morgan fingerprint density at radius 3 is 2.32 bits per heavy atom. The number of nitrogens with one attached hydrogen (secondary N) is 2. The minimum absolute atomic E-state index is 0.119. The van der Waals surface area contributed by atoms with E-state index < -0.39 is 29.0 Å². The highest BCUT2D eigenvalue weighted by atomic mass is 19.2. The fourth-order valence-electron chi connectivity index (χ4n) is 2.44. The Labute approximate surface area is 158 Å². The molecule has 0 spiro atoms. The van der Waals surface area contributed by atoms with E-state index in [1.54, 1.807) is 18.2 Å². The summed E-state index contributed by atoms with van der Waals surface area (Å²) >= 11 is 0. The lowest BCUT2D eigenvalue weighted by atomic mass is 10.1. The predicted octanol–water partition coefficient (Wildman–Crippen LogP) is 4.54. The molecule has 2 N–H and O–H groups in total. The molecule has 4 nitrogen and oxygen atoms in total. The van der Waals surface area contributed by atoms with Gasteiger partial charge in [-0.1, -0.05) is 12.1 Å². The van der Waals surface area contributed by atoms with Gasteiger partial charge in [0.05, 0.1) is 11.3 Å². The molecule has 0 bridgehead atoms. The van der Waals surface area contributed by atoms with Crippen LogP contribution in [0.2, 0.25) is 0 Å². The van der Waals surface area contributed by atoms with E-state index in [-0.39, 0.29) is 11.4 Å². The van der Waals surface area contributed by atoms with Crippen molar-refractivity contribution in [1.82, 2.24) is 4.98 Å². The highest BCUT2D eigenvalue weighted by molar-refractivity contribution is 6.04. The Morgan fingerprint density at radius 1 is 0.893 bits per heavy atom. The van der Waals surface area contributed by atoms with Crippen molar-refractivity contribution >= 4 is 17.4 Å². The number of amides is 1. The van der Waals surface area contributed by atoms with E-state index in [4.69, 9.17) is 0 Å². The standard InChI is InChI=1S/C20H15F4N3O/c21-14-4-1-12(2-5-14)9-10-25-17-8-3-13(11-26-17)20(28)27-16-7-6-15(22)18(23)19(16)24/h1-8,11H,9-10H2,(H,25,26)(H,27,28). The number of carbonyl (C=O) groups excluding carboxylic acids is 1. The molecule has 0 saturated heterocycles. The zero-order valence-electron chi connectivity index (χ0n) is 14.5. The van der Waals surface area contributed by atoms with E-state index in [1.807, 2.05) is 0 Å². The van der Waals surface area contributed by atoms with Crippen LogP contribution in [-0.4, -0.2) is 17.4 Å². The number of halogens is 4. The van der Waals surface area contributed by atoms with Crippen LogP contribution >= 0.6 is 0 Å². The lowest BCUT2D eigenvalue weighted by molar-refractivity contribution is 0.102. The molecule has 3 aromatic rings. The first-order chi connectivity index (χ1) is 13.4. The molecule has 0 atom stereocenters. The third-order valence-corrected chi connectivity index (χ3v) is 3.94. The number of benzene rings is 2. The van der Waals surface area contributed by atoms with Crippen LogP contribution < -0.4 is 10.6 Å². The maximum absolute atomic E-state index is 13.6. The maximum Gasteiger partial charge on any atom is 0.257 e. The first-order valence-corrected chi connectivity index (χ1v) is 8.33. The number of hydrogen-bond acceptors (Lipinski definition) is 3. The Kier molecular flexibility index (Phi) is 5.88. The zero-order valence-corrected chi connectivity index (χ0v) is 14.5. The summed E-state index contributed by atoms with van der Waals surface area (Å²) in [6.07, 6.45) is 1.92. The number of hydrogen-bond donors (Lipinski definition) is 2. The summed E-state index contributed by atoms with van der Waals surface area (Å²) in [6.45, 7) is 0.546. The molecule has 2 aromatic carbocycles. The van der Waals surface area contributed by atoms with Crippen LogP contribution in [0.1, 0.15) is 15.9 Å². The van der Waals surface area contributed by atoms with Crippen LogP contribution in [0.5, 0.6) is 0 Å². The van der Waals surface area contributed by atoms with Crippen LogP contribution in [0.3, 0.4) is 0 Å². The van der Waals surface area contributed by atoms with Crippen molar-refractivity contribution < 1.29 is 22.4 Å². The largest absolute Gasteiger partial charge is 0.370 e. The molecule has 1 aromatic heterocycles. The van der Waals surface area contributed by atoms with Crippen molar-refractivity contribution in [3.8, 4) is 0 Å². The smallest absolute Gasteiger partial charge is 0.257 e. The Balaban J connectivity index is 1.57. The van der Waals surface area contributed by atoms with Crippen molar-refractivity contribution in [3.05, 3.63) is 89.1 Å². The molecule has 0 aliphatic heterocycles. The van der Waals surface area contributed by atoms with Gasteiger partial charge in [0, 0.05) is 12.7 Å². The van der Waals surface area contributed by atoms with Gasteiger partial charge in [0.1, 0.15) is 11.6 Å². The number of anilines is 2. The van der Waals surface area contributed by atoms with Crippen LogP contribution in [-0.2, 0) is 6.42 Å². The second-order valence-corrected chi connectivity index (χ2v) is 5.91. The zero-order chi connectivity index (χ0) is 20.1. The number of aromatic nitrogens is 1. The lowest BCUT2D eigenvalue weighted by Crippen LogP contribution is -2.14. The minimum Gasteiger partial charge on any atom is -0.370 e. The predicted molar refractivity (Wildman–Crippen MR) is 97.1 cm³/mol. The Hall–Kier alpha value is -3.42. The van der Waals surface area contributed by atoms with Crippen LogP contribution in [0, 0.1) is 23.3 Å². The van der Waals surface area contributed by atoms with E-state index in [2.05, 4.69) is 15.6 Å². The molecule has 1 heterocycles. The molecular weight excluding hydrogens is 374 g/mol. The van der Waals surface area contributed by atoms with E-state index in [9.17, 15) is 22.4 Å². The van der Waals surface area contributed by atoms with Crippen LogP contribution in [0.15, 0.2) is 54.7 Å². The first-order valence-electron chi connectivity index (χ1n) is 8.33. The topological polar surface area (TPSA) is 54.0 Å². The van der Waals surface area contributed by atoms with Crippen molar-refractivity contribution in [2.45, 2.75) is 6.42 Å². The Bertz CT molecular complexity index is 976. The molecule has 0 unspecified atom stereocenters. The monoisotopic (exact) mass is 389 g/mol. The van der Waals surface area contributed by atoms with Gasteiger partial charge in [0.25, 0.3) is 5.91 Å². The van der Waals surface area contributed by atoms with Gasteiger partial charge in [-0.3, -0.25) is 4.79 Å². The summed E-state index contributed by atoms with van der Waals surface area (Å²) in [5, 5.41) is 5.23. The van der Waals surface area contributed by atoms with Gasteiger partial charge in [-0.15, -0.1) is 0 Å². The molecule has 8 heteroatoms. The average Bonchev–Trinajstić information content (AvgIpc) is 2.70. The molecule has 0 aliphatic rings. The summed E-state index contributed by atoms with van der Waals surface area (Å²) < 4.78 is 52.6. The van der Waals surface area contributed by atoms with Crippen LogP contribution in [0.25, 0.3) is 0 Å². The number of pyridine rings is 1. The van der Waals surface area contributed by atoms with E-state index in [1.165, 1.54) is 24.4 Å². The molecule has 0 saturated carbocycles. The van der Waals surface area contributed by atoms with Gasteiger partial charge >= 0.3 is 0 Å². The molecule has 0 fully saturated rings. The minimum atomic E-state index is -1.66. The van der Waals surface area contributed by atoms with Crippen molar-refractivity contribution in [2.24, 2.45) is 0 Å². The summed E-state index contributed by atoms with van der Waals surface area (Å²) in [7, 11) is 0. The number of nitrogens with zero attached hydrogens (tertiary/aromatic N) is 1. The fraction of sp³-hybridized carbons (Fsp3) is 0.100. The fourth-order valence-corrected chi connectivity index (χ4v) is 2.44. The van der Waals surface area contributed by atoms with Crippen molar-refractivity contribution in [3.63, 3.8) is 0 Å². The Morgan fingerprint density at radius 2 is 1.64 bits per heavy atom. The molecule has 0 aliphatic carbocycles. The SMILES string of the molecule is O=C(Nc1ccc(F)c(F)c1F)c1ccc(NCCc2ccc(F)cc2)nc1. The van der Waals surface area contributed by atoms with Gasteiger partial charge in [-0.25, -0.2) is 22.5 Å². The molecule has 144 valence electrons. The summed E-state index contributed by atoms with van der Waals surface area (Å²) in [6, 6.07) is 10.8. The van der Waals surface area contributed by atoms with Gasteiger partial charge in [0.2, 0.25) is 0 Å². The van der Waals surface area contributed by atoms with Gasteiger partial charge in [0.15, 0.2) is 17.5 Å². The normalized spacial score (nSPS) is 10.6. The molecular formula is C20H15F4N3O. The summed E-state index contributed by atoms with van der Waals surface area (Å²) in [4.78, 5) is 16.2. The third-order valence-electron chi connectivity index (χ3n) is 3.94.